The number of carbonyl (C=O) groups is 2. The largest absolute Gasteiger partial charge is 0.497 e. The lowest BCUT2D eigenvalue weighted by molar-refractivity contribution is -0.121. The van der Waals surface area contributed by atoms with Gasteiger partial charge in [0, 0.05) is 12.1 Å². The zero-order chi connectivity index (χ0) is 20.8. The van der Waals surface area contributed by atoms with E-state index in [0.717, 1.165) is 16.9 Å². The van der Waals surface area contributed by atoms with Crippen LogP contribution in [0.2, 0.25) is 0 Å². The lowest BCUT2D eigenvalue weighted by atomic mass is 10.1. The van der Waals surface area contributed by atoms with Crippen LogP contribution in [0.4, 0.5) is 0 Å². The number of amides is 1. The van der Waals surface area contributed by atoms with E-state index >= 15 is 0 Å². The van der Waals surface area contributed by atoms with Crippen LogP contribution in [0, 0.1) is 4.77 Å². The van der Waals surface area contributed by atoms with Gasteiger partial charge >= 0.3 is 5.97 Å². The lowest BCUT2D eigenvalue weighted by Gasteiger charge is -2.09. The molecule has 0 bridgehead atoms. The highest BCUT2D eigenvalue weighted by atomic mass is 32.1. The summed E-state index contributed by atoms with van der Waals surface area (Å²) in [7, 11) is 2.93. The number of H-pyrrole nitrogens is 1. The Hall–Kier alpha value is -3.46. The van der Waals surface area contributed by atoms with Gasteiger partial charge in [0.05, 0.1) is 19.8 Å². The molecule has 0 aliphatic heterocycles. The van der Waals surface area contributed by atoms with Gasteiger partial charge < -0.3 is 14.8 Å². The second-order valence-electron chi connectivity index (χ2n) is 6.13. The number of carbonyl (C=O) groups excluding carboxylic acids is 2. The van der Waals surface area contributed by atoms with Crippen molar-refractivity contribution >= 4 is 24.1 Å². The van der Waals surface area contributed by atoms with E-state index in [0.29, 0.717) is 22.7 Å². The molecule has 0 unspecified atom stereocenters. The standard InChI is InChI=1S/C20H20N4O4S/c1-27-16-9-7-14(8-10-16)18-22-23-20(29)24(18)12-17(25)21-11-13-3-5-15(6-4-13)19(26)28-2/h3-10H,11-12H2,1-2H3,(H,21,25)(H,23,29). The van der Waals surface area contributed by atoms with E-state index in [1.807, 2.05) is 24.3 Å². The van der Waals surface area contributed by atoms with Crippen molar-refractivity contribution in [3.63, 3.8) is 0 Å². The van der Waals surface area contributed by atoms with Crippen LogP contribution < -0.4 is 10.1 Å². The molecular weight excluding hydrogens is 392 g/mol. The van der Waals surface area contributed by atoms with Crippen molar-refractivity contribution in [1.82, 2.24) is 20.1 Å². The maximum absolute atomic E-state index is 12.4. The van der Waals surface area contributed by atoms with E-state index < -0.39 is 5.97 Å². The van der Waals surface area contributed by atoms with Crippen molar-refractivity contribution in [3.8, 4) is 17.1 Å². The molecule has 29 heavy (non-hydrogen) atoms. The molecule has 8 nitrogen and oxygen atoms in total. The van der Waals surface area contributed by atoms with Crippen LogP contribution in [0.25, 0.3) is 11.4 Å². The summed E-state index contributed by atoms with van der Waals surface area (Å²) in [4.78, 5) is 23.9. The molecule has 0 atom stereocenters. The Morgan fingerprint density at radius 1 is 1.10 bits per heavy atom. The fourth-order valence-corrected chi connectivity index (χ4v) is 2.90. The summed E-state index contributed by atoms with van der Waals surface area (Å²) in [5.74, 6) is 0.677. The molecule has 0 saturated heterocycles. The molecular formula is C20H20N4O4S. The number of ether oxygens (including phenoxy) is 2. The first-order valence-electron chi connectivity index (χ1n) is 8.75. The molecule has 1 heterocycles. The average molecular weight is 412 g/mol. The monoisotopic (exact) mass is 412 g/mol. The molecule has 0 aliphatic rings. The predicted molar refractivity (Wildman–Crippen MR) is 109 cm³/mol. The molecule has 1 amide bonds. The van der Waals surface area contributed by atoms with Gasteiger partial charge in [-0.15, -0.1) is 0 Å². The fourth-order valence-electron chi connectivity index (χ4n) is 2.70. The van der Waals surface area contributed by atoms with Crippen molar-refractivity contribution in [2.75, 3.05) is 14.2 Å². The van der Waals surface area contributed by atoms with Crippen molar-refractivity contribution in [2.24, 2.45) is 0 Å². The van der Waals surface area contributed by atoms with E-state index in [4.69, 9.17) is 17.0 Å². The van der Waals surface area contributed by atoms with Crippen LogP contribution in [0.15, 0.2) is 48.5 Å². The van der Waals surface area contributed by atoms with Gasteiger partial charge in [-0.2, -0.15) is 5.10 Å². The van der Waals surface area contributed by atoms with Crippen LogP contribution in [0.1, 0.15) is 15.9 Å². The van der Waals surface area contributed by atoms with Crippen molar-refractivity contribution in [2.45, 2.75) is 13.1 Å². The third kappa shape index (κ3) is 4.88. The highest BCUT2D eigenvalue weighted by Gasteiger charge is 2.13. The van der Waals surface area contributed by atoms with Gasteiger partial charge in [-0.3, -0.25) is 14.5 Å². The molecule has 0 radical (unpaired) electrons. The number of hydrogen-bond donors (Lipinski definition) is 2. The zero-order valence-electron chi connectivity index (χ0n) is 16.0. The minimum absolute atomic E-state index is 0.0247. The number of rotatable bonds is 7. The second-order valence-corrected chi connectivity index (χ2v) is 6.52. The summed E-state index contributed by atoms with van der Waals surface area (Å²) in [5, 5.41) is 9.79. The molecule has 9 heteroatoms. The highest BCUT2D eigenvalue weighted by Crippen LogP contribution is 2.20. The third-order valence-electron chi connectivity index (χ3n) is 4.27. The number of methoxy groups -OCH3 is 2. The Kier molecular flexibility index (Phi) is 6.40. The van der Waals surface area contributed by atoms with Crippen molar-refractivity contribution in [3.05, 3.63) is 64.4 Å². The number of hydrogen-bond acceptors (Lipinski definition) is 6. The van der Waals surface area contributed by atoms with Gasteiger partial charge in [0.25, 0.3) is 0 Å². The maximum atomic E-state index is 12.4. The second kappa shape index (κ2) is 9.16. The van der Waals surface area contributed by atoms with Crippen molar-refractivity contribution in [1.29, 1.82) is 0 Å². The van der Waals surface area contributed by atoms with Crippen LogP contribution in [0.5, 0.6) is 5.75 Å². The van der Waals surface area contributed by atoms with E-state index in [-0.39, 0.29) is 12.5 Å². The first-order valence-corrected chi connectivity index (χ1v) is 9.16. The minimum Gasteiger partial charge on any atom is -0.497 e. The minimum atomic E-state index is -0.402. The number of aromatic amines is 1. The van der Waals surface area contributed by atoms with Gasteiger partial charge in [0.15, 0.2) is 10.6 Å². The third-order valence-corrected chi connectivity index (χ3v) is 4.58. The topological polar surface area (TPSA) is 98.2 Å². The first kappa shape index (κ1) is 20.3. The first-order chi connectivity index (χ1) is 14.0. The molecule has 2 aromatic carbocycles. The number of nitrogens with one attached hydrogen (secondary N) is 2. The summed E-state index contributed by atoms with van der Waals surface area (Å²) >= 11 is 5.26. The number of esters is 1. The van der Waals surface area contributed by atoms with Crippen LogP contribution in [0.3, 0.4) is 0 Å². The Bertz CT molecular complexity index is 1060. The molecule has 0 saturated carbocycles. The van der Waals surface area contributed by atoms with Crippen LogP contribution in [-0.2, 0) is 22.6 Å². The molecule has 150 valence electrons. The summed E-state index contributed by atoms with van der Waals surface area (Å²) in [5.41, 5.74) is 2.12. The summed E-state index contributed by atoms with van der Waals surface area (Å²) in [6.45, 7) is 0.347. The van der Waals surface area contributed by atoms with Gasteiger partial charge in [0.1, 0.15) is 12.3 Å². The summed E-state index contributed by atoms with van der Waals surface area (Å²) < 4.78 is 11.8. The molecule has 3 rings (SSSR count). The molecule has 2 N–H and O–H groups in total. The normalized spacial score (nSPS) is 10.4. The van der Waals surface area contributed by atoms with E-state index in [1.165, 1.54) is 7.11 Å². The number of aromatic nitrogens is 3. The zero-order valence-corrected chi connectivity index (χ0v) is 16.8. The lowest BCUT2D eigenvalue weighted by Crippen LogP contribution is -2.27. The summed E-state index contributed by atoms with van der Waals surface area (Å²) in [6.07, 6.45) is 0. The van der Waals surface area contributed by atoms with Crippen LogP contribution in [-0.4, -0.2) is 40.9 Å². The average Bonchev–Trinajstić information content (AvgIpc) is 3.12. The number of nitrogens with zero attached hydrogens (tertiary/aromatic N) is 2. The number of benzene rings is 2. The van der Waals surface area contributed by atoms with Gasteiger partial charge in [-0.05, 0) is 54.2 Å². The van der Waals surface area contributed by atoms with Gasteiger partial charge in [0.2, 0.25) is 5.91 Å². The molecule has 3 aromatic rings. The molecule has 0 spiro atoms. The van der Waals surface area contributed by atoms with Crippen molar-refractivity contribution < 1.29 is 19.1 Å². The SMILES string of the molecule is COC(=O)c1ccc(CNC(=O)Cn2c(-c3ccc(OC)cc3)n[nH]c2=S)cc1. The van der Waals surface area contributed by atoms with Gasteiger partial charge in [-0.25, -0.2) is 4.79 Å². The molecule has 1 aromatic heterocycles. The highest BCUT2D eigenvalue weighted by molar-refractivity contribution is 7.71. The summed E-state index contributed by atoms with van der Waals surface area (Å²) in [6, 6.07) is 14.2. The Labute approximate surface area is 172 Å². The van der Waals surface area contributed by atoms with E-state index in [1.54, 1.807) is 35.9 Å². The Balaban J connectivity index is 1.66. The van der Waals surface area contributed by atoms with E-state index in [9.17, 15) is 9.59 Å². The molecule has 0 fully saturated rings. The quantitative estimate of drug-likeness (QED) is 0.457. The molecule has 0 aliphatic carbocycles. The Morgan fingerprint density at radius 2 is 1.79 bits per heavy atom. The van der Waals surface area contributed by atoms with E-state index in [2.05, 4.69) is 20.3 Å². The van der Waals surface area contributed by atoms with Gasteiger partial charge in [-0.1, -0.05) is 12.1 Å². The maximum Gasteiger partial charge on any atom is 0.337 e. The van der Waals surface area contributed by atoms with Crippen LogP contribution >= 0.6 is 12.2 Å². The fraction of sp³-hybridized carbons (Fsp3) is 0.200. The smallest absolute Gasteiger partial charge is 0.337 e. The Morgan fingerprint density at radius 3 is 2.41 bits per heavy atom. The predicted octanol–water partition coefficient (Wildman–Crippen LogP) is 2.72.